The molecule has 1 aliphatic rings. The molecule has 1 saturated heterocycles. The number of likely N-dealkylation sites (tertiary alicyclic amines) is 1. The van der Waals surface area contributed by atoms with Gasteiger partial charge in [-0.1, -0.05) is 20.8 Å². The second kappa shape index (κ2) is 7.48. The molecule has 1 amide bonds. The summed E-state index contributed by atoms with van der Waals surface area (Å²) < 4.78 is 4.84. The zero-order valence-electron chi connectivity index (χ0n) is 12.4. The number of piperidine rings is 1. The predicted octanol–water partition coefficient (Wildman–Crippen LogP) is 1.17. The molecule has 110 valence electrons. The molecule has 0 spiro atoms. The van der Waals surface area contributed by atoms with Gasteiger partial charge in [-0.25, -0.2) is 4.79 Å². The third-order valence-corrected chi connectivity index (χ3v) is 3.52. The molecule has 2 atom stereocenters. The molecule has 1 fully saturated rings. The van der Waals surface area contributed by atoms with Crippen molar-refractivity contribution in [2.75, 3.05) is 20.2 Å². The number of ether oxygens (including phenoxy) is 1. The zero-order valence-corrected chi connectivity index (χ0v) is 12.4. The molecule has 1 N–H and O–H groups in total. The summed E-state index contributed by atoms with van der Waals surface area (Å²) in [5.74, 6) is -0.232. The van der Waals surface area contributed by atoms with Crippen molar-refractivity contribution in [2.45, 2.75) is 52.1 Å². The van der Waals surface area contributed by atoms with E-state index < -0.39 is 6.04 Å². The highest BCUT2D eigenvalue weighted by atomic mass is 16.5. The molecule has 1 heterocycles. The van der Waals surface area contributed by atoms with Gasteiger partial charge in [-0.3, -0.25) is 4.79 Å². The highest BCUT2D eigenvalue weighted by Gasteiger charge is 2.38. The molecule has 0 saturated carbocycles. The second-order valence-electron chi connectivity index (χ2n) is 5.39. The summed E-state index contributed by atoms with van der Waals surface area (Å²) in [6, 6.07) is -0.622. The first-order valence-electron chi connectivity index (χ1n) is 7.14. The smallest absolute Gasteiger partial charge is 0.328 e. The van der Waals surface area contributed by atoms with E-state index in [0.29, 0.717) is 6.54 Å². The maximum absolute atomic E-state index is 12.5. The Labute approximate surface area is 115 Å². The van der Waals surface area contributed by atoms with Crippen molar-refractivity contribution in [3.63, 3.8) is 0 Å². The highest BCUT2D eigenvalue weighted by molar-refractivity contribution is 5.88. The topological polar surface area (TPSA) is 58.6 Å². The molecule has 0 aromatic heterocycles. The number of methoxy groups -OCH3 is 1. The molecule has 0 aromatic rings. The number of carbonyl (C=O) groups excluding carboxylic acids is 2. The fraction of sp³-hybridized carbons (Fsp3) is 0.857. The molecule has 5 nitrogen and oxygen atoms in total. The average Bonchev–Trinajstić information content (AvgIpc) is 2.39. The molecule has 0 aliphatic carbocycles. The van der Waals surface area contributed by atoms with Gasteiger partial charge in [-0.2, -0.15) is 0 Å². The summed E-state index contributed by atoms with van der Waals surface area (Å²) in [4.78, 5) is 26.0. The monoisotopic (exact) mass is 270 g/mol. The number of nitrogens with one attached hydrogen (secondary N) is 1. The lowest BCUT2D eigenvalue weighted by Gasteiger charge is -2.38. The Kier molecular flexibility index (Phi) is 6.28. The van der Waals surface area contributed by atoms with Gasteiger partial charge >= 0.3 is 5.97 Å². The molecular formula is C14H26N2O3. The maximum Gasteiger partial charge on any atom is 0.328 e. The lowest BCUT2D eigenvalue weighted by Crippen LogP contribution is -2.57. The van der Waals surface area contributed by atoms with Crippen molar-refractivity contribution in [1.29, 1.82) is 0 Å². The SMILES string of the molecule is CCCNC1CCCN(C(C(=O)OC)C(C)C)C1=O. The van der Waals surface area contributed by atoms with Gasteiger partial charge < -0.3 is 15.0 Å². The largest absolute Gasteiger partial charge is 0.467 e. The predicted molar refractivity (Wildman–Crippen MR) is 73.7 cm³/mol. The normalized spacial score (nSPS) is 21.6. The number of nitrogens with zero attached hydrogens (tertiary/aromatic N) is 1. The lowest BCUT2D eigenvalue weighted by molar-refractivity contribution is -0.157. The van der Waals surface area contributed by atoms with Crippen LogP contribution in [0.3, 0.4) is 0 Å². The van der Waals surface area contributed by atoms with E-state index in [-0.39, 0.29) is 23.8 Å². The van der Waals surface area contributed by atoms with Crippen LogP contribution in [0.15, 0.2) is 0 Å². The van der Waals surface area contributed by atoms with Crippen LogP contribution in [-0.4, -0.2) is 49.1 Å². The lowest BCUT2D eigenvalue weighted by atomic mass is 9.96. The van der Waals surface area contributed by atoms with Gasteiger partial charge in [0.25, 0.3) is 0 Å². The molecule has 5 heteroatoms. The van der Waals surface area contributed by atoms with Crippen LogP contribution < -0.4 is 5.32 Å². The average molecular weight is 270 g/mol. The van der Waals surface area contributed by atoms with E-state index in [1.165, 1.54) is 7.11 Å². The molecule has 0 aromatic carbocycles. The van der Waals surface area contributed by atoms with Crippen LogP contribution in [0.25, 0.3) is 0 Å². The number of rotatable bonds is 6. The second-order valence-corrected chi connectivity index (χ2v) is 5.39. The Bertz CT molecular complexity index is 318. The number of esters is 1. The Morgan fingerprint density at radius 2 is 2.21 bits per heavy atom. The van der Waals surface area contributed by atoms with Gasteiger partial charge in [-0.15, -0.1) is 0 Å². The van der Waals surface area contributed by atoms with Crippen molar-refractivity contribution < 1.29 is 14.3 Å². The Morgan fingerprint density at radius 1 is 1.53 bits per heavy atom. The Balaban J connectivity index is 2.79. The fourth-order valence-corrected chi connectivity index (χ4v) is 2.56. The molecule has 0 radical (unpaired) electrons. The van der Waals surface area contributed by atoms with Gasteiger partial charge in [-0.05, 0) is 31.7 Å². The van der Waals surface area contributed by atoms with Crippen LogP contribution in [0.1, 0.15) is 40.0 Å². The van der Waals surface area contributed by atoms with Crippen molar-refractivity contribution in [2.24, 2.45) is 5.92 Å². The van der Waals surface area contributed by atoms with E-state index in [9.17, 15) is 9.59 Å². The van der Waals surface area contributed by atoms with Gasteiger partial charge in [0.2, 0.25) is 5.91 Å². The quantitative estimate of drug-likeness (QED) is 0.736. The Hall–Kier alpha value is -1.10. The number of amides is 1. The van der Waals surface area contributed by atoms with Gasteiger partial charge in [0.15, 0.2) is 0 Å². The van der Waals surface area contributed by atoms with E-state index >= 15 is 0 Å². The van der Waals surface area contributed by atoms with E-state index in [0.717, 1.165) is 25.8 Å². The zero-order chi connectivity index (χ0) is 14.4. The molecular weight excluding hydrogens is 244 g/mol. The van der Waals surface area contributed by atoms with Crippen LogP contribution in [0.2, 0.25) is 0 Å². The Morgan fingerprint density at radius 3 is 2.74 bits per heavy atom. The first kappa shape index (κ1) is 16.0. The van der Waals surface area contributed by atoms with Crippen molar-refractivity contribution in [1.82, 2.24) is 10.2 Å². The van der Waals surface area contributed by atoms with Gasteiger partial charge in [0.05, 0.1) is 13.2 Å². The summed E-state index contributed by atoms with van der Waals surface area (Å²) in [7, 11) is 1.37. The molecule has 19 heavy (non-hydrogen) atoms. The summed E-state index contributed by atoms with van der Waals surface area (Å²) in [5, 5.41) is 3.26. The standard InChI is InChI=1S/C14H26N2O3/c1-5-8-15-11-7-6-9-16(13(11)17)12(10(2)3)14(18)19-4/h10-12,15H,5-9H2,1-4H3. The minimum Gasteiger partial charge on any atom is -0.467 e. The minimum atomic E-state index is -0.469. The molecule has 2 unspecified atom stereocenters. The third-order valence-electron chi connectivity index (χ3n) is 3.52. The summed E-state index contributed by atoms with van der Waals surface area (Å²) in [6.45, 7) is 7.43. The maximum atomic E-state index is 12.5. The fourth-order valence-electron chi connectivity index (χ4n) is 2.56. The van der Waals surface area contributed by atoms with Crippen LogP contribution in [0, 0.1) is 5.92 Å². The number of carbonyl (C=O) groups is 2. The summed E-state index contributed by atoms with van der Waals surface area (Å²) in [6.07, 6.45) is 2.77. The van der Waals surface area contributed by atoms with Gasteiger partial charge in [0, 0.05) is 6.54 Å². The number of hydrogen-bond acceptors (Lipinski definition) is 4. The highest BCUT2D eigenvalue weighted by Crippen LogP contribution is 2.20. The van der Waals surface area contributed by atoms with Gasteiger partial charge in [0.1, 0.15) is 6.04 Å². The van der Waals surface area contributed by atoms with Crippen molar-refractivity contribution in [3.8, 4) is 0 Å². The van der Waals surface area contributed by atoms with Crippen LogP contribution >= 0.6 is 0 Å². The van der Waals surface area contributed by atoms with E-state index in [1.54, 1.807) is 4.90 Å². The third kappa shape index (κ3) is 3.93. The summed E-state index contributed by atoms with van der Waals surface area (Å²) in [5.41, 5.74) is 0. The molecule has 1 rings (SSSR count). The van der Waals surface area contributed by atoms with Crippen molar-refractivity contribution in [3.05, 3.63) is 0 Å². The first-order chi connectivity index (χ1) is 9.02. The number of hydrogen-bond donors (Lipinski definition) is 1. The van der Waals surface area contributed by atoms with Crippen LogP contribution in [0.5, 0.6) is 0 Å². The van der Waals surface area contributed by atoms with E-state index in [1.807, 2.05) is 13.8 Å². The van der Waals surface area contributed by atoms with Crippen LogP contribution in [0.4, 0.5) is 0 Å². The summed E-state index contributed by atoms with van der Waals surface area (Å²) >= 11 is 0. The van der Waals surface area contributed by atoms with E-state index in [2.05, 4.69) is 12.2 Å². The minimum absolute atomic E-state index is 0.0313. The first-order valence-corrected chi connectivity index (χ1v) is 7.14. The molecule has 0 bridgehead atoms. The van der Waals surface area contributed by atoms with Crippen molar-refractivity contribution >= 4 is 11.9 Å². The van der Waals surface area contributed by atoms with E-state index in [4.69, 9.17) is 4.74 Å². The molecule has 1 aliphatic heterocycles. The van der Waals surface area contributed by atoms with Crippen LogP contribution in [-0.2, 0) is 14.3 Å².